The molecule has 0 saturated heterocycles. The molecule has 2 rings (SSSR count). The van der Waals surface area contributed by atoms with Gasteiger partial charge in [0.05, 0.1) is 10.5 Å². The molecule has 0 heterocycles. The molecule has 2 aromatic rings. The zero-order chi connectivity index (χ0) is 25.0. The summed E-state index contributed by atoms with van der Waals surface area (Å²) in [5.74, 6) is 5.16. The topological polar surface area (TPSA) is 92.7 Å². The number of sulfonamides is 1. The van der Waals surface area contributed by atoms with Gasteiger partial charge in [-0.1, -0.05) is 57.2 Å². The molecule has 0 fully saturated rings. The maximum Gasteiger partial charge on any atom is 0.345 e. The predicted octanol–water partition coefficient (Wildman–Crippen LogP) is 5.00. The van der Waals surface area contributed by atoms with Gasteiger partial charge in [0, 0.05) is 22.0 Å². The van der Waals surface area contributed by atoms with Crippen LogP contribution in [0.1, 0.15) is 57.7 Å². The van der Waals surface area contributed by atoms with E-state index in [1.165, 1.54) is 6.07 Å². The quantitative estimate of drug-likeness (QED) is 0.531. The van der Waals surface area contributed by atoms with Gasteiger partial charge in [-0.05, 0) is 56.2 Å². The van der Waals surface area contributed by atoms with Crippen LogP contribution in [-0.2, 0) is 14.8 Å². The predicted molar refractivity (Wildman–Crippen MR) is 130 cm³/mol. The van der Waals surface area contributed by atoms with Gasteiger partial charge in [-0.3, -0.25) is 0 Å². The SMILES string of the molecule is CCC(C)NS(=O)(=O)c1ccc(C)c(C#Cc2cc(Cl)ccc2OC(C(=O)O)C(C)(C)C)c1. The van der Waals surface area contributed by atoms with Crippen molar-refractivity contribution in [3.63, 3.8) is 0 Å². The van der Waals surface area contributed by atoms with Gasteiger partial charge in [0.1, 0.15) is 5.75 Å². The maximum atomic E-state index is 12.7. The van der Waals surface area contributed by atoms with Crippen LogP contribution in [0.2, 0.25) is 5.02 Å². The number of nitrogens with one attached hydrogen (secondary N) is 1. The summed E-state index contributed by atoms with van der Waals surface area (Å²) in [5, 5.41) is 10.0. The van der Waals surface area contributed by atoms with Crippen molar-refractivity contribution in [2.24, 2.45) is 5.41 Å². The van der Waals surface area contributed by atoms with Crippen LogP contribution in [0.25, 0.3) is 0 Å². The standard InChI is InChI=1S/C25H30ClNO5S/c1-7-17(3)27-33(30,31)21-12-8-16(2)18(15-21)9-10-19-14-20(26)11-13-22(19)32-23(24(28)29)25(4,5)6/h8,11-15,17,23,27H,7H2,1-6H3,(H,28,29). The van der Waals surface area contributed by atoms with E-state index in [-0.39, 0.29) is 16.7 Å². The number of carbonyl (C=O) groups is 1. The first kappa shape index (κ1) is 26.7. The number of hydrogen-bond acceptors (Lipinski definition) is 4. The van der Waals surface area contributed by atoms with E-state index < -0.39 is 27.5 Å². The lowest BCUT2D eigenvalue weighted by atomic mass is 9.89. The smallest absolute Gasteiger partial charge is 0.345 e. The lowest BCUT2D eigenvalue weighted by Crippen LogP contribution is -2.39. The minimum absolute atomic E-state index is 0.124. The second-order valence-corrected chi connectivity index (χ2v) is 11.2. The van der Waals surface area contributed by atoms with E-state index in [2.05, 4.69) is 16.6 Å². The van der Waals surface area contributed by atoms with Crippen molar-refractivity contribution in [1.82, 2.24) is 4.72 Å². The van der Waals surface area contributed by atoms with Crippen LogP contribution in [0, 0.1) is 24.2 Å². The number of halogens is 1. The molecule has 0 amide bonds. The Labute approximate surface area is 201 Å². The van der Waals surface area contributed by atoms with E-state index in [0.717, 1.165) is 5.56 Å². The van der Waals surface area contributed by atoms with Crippen LogP contribution >= 0.6 is 11.6 Å². The molecule has 33 heavy (non-hydrogen) atoms. The van der Waals surface area contributed by atoms with Crippen molar-refractivity contribution in [3.05, 3.63) is 58.1 Å². The highest BCUT2D eigenvalue weighted by Crippen LogP contribution is 2.29. The second kappa shape index (κ2) is 10.6. The van der Waals surface area contributed by atoms with Gasteiger partial charge in [0.15, 0.2) is 6.10 Å². The summed E-state index contributed by atoms with van der Waals surface area (Å²) in [7, 11) is -3.68. The van der Waals surface area contributed by atoms with Gasteiger partial charge in [-0.2, -0.15) is 0 Å². The first-order valence-electron chi connectivity index (χ1n) is 10.6. The molecule has 0 aliphatic heterocycles. The third kappa shape index (κ3) is 7.23. The normalized spacial score (nSPS) is 13.5. The number of hydrogen-bond donors (Lipinski definition) is 2. The molecule has 8 heteroatoms. The fourth-order valence-electron chi connectivity index (χ4n) is 2.88. The van der Waals surface area contributed by atoms with Crippen LogP contribution in [0.15, 0.2) is 41.3 Å². The second-order valence-electron chi connectivity index (χ2n) is 9.00. The summed E-state index contributed by atoms with van der Waals surface area (Å²) in [6, 6.07) is 9.34. The van der Waals surface area contributed by atoms with E-state index in [1.807, 2.05) is 13.8 Å². The average molecular weight is 492 g/mol. The number of rotatable bonds is 7. The minimum Gasteiger partial charge on any atom is -0.478 e. The minimum atomic E-state index is -3.68. The third-order valence-electron chi connectivity index (χ3n) is 5.02. The molecule has 6 nitrogen and oxygen atoms in total. The van der Waals surface area contributed by atoms with E-state index in [4.69, 9.17) is 16.3 Å². The Balaban J connectivity index is 2.48. The number of ether oxygens (including phenoxy) is 1. The Bertz CT molecular complexity index is 1190. The summed E-state index contributed by atoms with van der Waals surface area (Å²) >= 11 is 6.14. The molecule has 2 N–H and O–H groups in total. The average Bonchev–Trinajstić information content (AvgIpc) is 2.70. The van der Waals surface area contributed by atoms with Crippen molar-refractivity contribution in [1.29, 1.82) is 0 Å². The first-order chi connectivity index (χ1) is 15.2. The van der Waals surface area contributed by atoms with Crippen molar-refractivity contribution in [3.8, 4) is 17.6 Å². The first-order valence-corrected chi connectivity index (χ1v) is 12.4. The molecular formula is C25H30ClNO5S. The van der Waals surface area contributed by atoms with Gasteiger partial charge >= 0.3 is 5.97 Å². The maximum absolute atomic E-state index is 12.7. The Morgan fingerprint density at radius 1 is 1.15 bits per heavy atom. The van der Waals surface area contributed by atoms with E-state index in [1.54, 1.807) is 58.0 Å². The Morgan fingerprint density at radius 3 is 2.36 bits per heavy atom. The highest BCUT2D eigenvalue weighted by molar-refractivity contribution is 7.89. The molecule has 2 atom stereocenters. The Morgan fingerprint density at radius 2 is 1.79 bits per heavy atom. The van der Waals surface area contributed by atoms with Gasteiger partial charge in [-0.15, -0.1) is 0 Å². The van der Waals surface area contributed by atoms with E-state index in [0.29, 0.717) is 22.6 Å². The number of aliphatic carboxylic acids is 1. The molecule has 0 saturated carbocycles. The summed E-state index contributed by atoms with van der Waals surface area (Å²) in [6.07, 6.45) is -0.428. The largest absolute Gasteiger partial charge is 0.478 e. The lowest BCUT2D eigenvalue weighted by Gasteiger charge is -2.28. The highest BCUT2D eigenvalue weighted by atomic mass is 35.5. The fraction of sp³-hybridized carbons (Fsp3) is 0.400. The van der Waals surface area contributed by atoms with E-state index in [9.17, 15) is 18.3 Å². The molecular weight excluding hydrogens is 462 g/mol. The summed E-state index contributed by atoms with van der Waals surface area (Å²) < 4.78 is 33.8. The molecule has 0 aliphatic rings. The lowest BCUT2D eigenvalue weighted by molar-refractivity contribution is -0.150. The zero-order valence-corrected chi connectivity index (χ0v) is 21.3. The van der Waals surface area contributed by atoms with Crippen LogP contribution < -0.4 is 9.46 Å². The van der Waals surface area contributed by atoms with Crippen LogP contribution in [0.5, 0.6) is 5.75 Å². The van der Waals surface area contributed by atoms with Gasteiger partial charge in [-0.25, -0.2) is 17.9 Å². The molecule has 0 radical (unpaired) electrons. The van der Waals surface area contributed by atoms with Gasteiger partial charge in [0.25, 0.3) is 0 Å². The number of carboxylic acids is 1. The van der Waals surface area contributed by atoms with Crippen molar-refractivity contribution in [2.75, 3.05) is 0 Å². The van der Waals surface area contributed by atoms with Crippen molar-refractivity contribution >= 4 is 27.6 Å². The Hall–Kier alpha value is -2.53. The van der Waals surface area contributed by atoms with Crippen LogP contribution in [-0.4, -0.2) is 31.6 Å². The fourth-order valence-corrected chi connectivity index (χ4v) is 4.41. The van der Waals surface area contributed by atoms with Crippen LogP contribution in [0.3, 0.4) is 0 Å². The molecule has 0 aromatic heterocycles. The van der Waals surface area contributed by atoms with Crippen LogP contribution in [0.4, 0.5) is 0 Å². The summed E-state index contributed by atoms with van der Waals surface area (Å²) in [5.41, 5.74) is 1.08. The molecule has 2 unspecified atom stereocenters. The van der Waals surface area contributed by atoms with E-state index >= 15 is 0 Å². The summed E-state index contributed by atoms with van der Waals surface area (Å²) in [4.78, 5) is 11.9. The summed E-state index contributed by atoms with van der Waals surface area (Å²) in [6.45, 7) is 10.9. The monoisotopic (exact) mass is 491 g/mol. The highest BCUT2D eigenvalue weighted by Gasteiger charge is 2.33. The Kier molecular flexibility index (Phi) is 8.58. The van der Waals surface area contributed by atoms with Crippen molar-refractivity contribution < 1.29 is 23.1 Å². The molecule has 178 valence electrons. The number of benzene rings is 2. The van der Waals surface area contributed by atoms with Gasteiger partial charge in [0.2, 0.25) is 10.0 Å². The van der Waals surface area contributed by atoms with Gasteiger partial charge < -0.3 is 9.84 Å². The molecule has 0 spiro atoms. The molecule has 2 aromatic carbocycles. The zero-order valence-electron chi connectivity index (χ0n) is 19.7. The number of carboxylic acid groups (broad SMARTS) is 1. The molecule has 0 bridgehead atoms. The number of aryl methyl sites for hydroxylation is 1. The third-order valence-corrected chi connectivity index (χ3v) is 6.84. The molecule has 0 aliphatic carbocycles. The van der Waals surface area contributed by atoms with Crippen molar-refractivity contribution in [2.45, 2.75) is 65.0 Å².